The minimum Gasteiger partial charge on any atom is -0.382 e. The van der Waals surface area contributed by atoms with Crippen LogP contribution in [0.5, 0.6) is 0 Å². The average Bonchev–Trinajstić information content (AvgIpc) is 2.60. The maximum absolute atomic E-state index is 11.2. The maximum Gasteiger partial charge on any atom is 0.131 e. The molecule has 1 aromatic heterocycles. The summed E-state index contributed by atoms with van der Waals surface area (Å²) in [7, 11) is 2.31. The highest BCUT2D eigenvalue weighted by Crippen LogP contribution is 2.45. The van der Waals surface area contributed by atoms with Gasteiger partial charge < -0.3 is 9.59 Å². The largest absolute Gasteiger partial charge is 0.382 e. The van der Waals surface area contributed by atoms with Crippen molar-refractivity contribution < 1.29 is 9.59 Å². The van der Waals surface area contributed by atoms with Crippen molar-refractivity contribution in [2.75, 3.05) is 20.1 Å². The average molecular weight is 309 g/mol. The number of benzene rings is 1. The molecule has 0 amide bonds. The molecule has 3 nitrogen and oxygen atoms in total. The molecule has 3 saturated heterocycles. The predicted molar refractivity (Wildman–Crippen MR) is 92.8 cm³/mol. The van der Waals surface area contributed by atoms with Crippen molar-refractivity contribution in [1.82, 2.24) is 4.98 Å². The van der Waals surface area contributed by atoms with Crippen LogP contribution in [0.25, 0.3) is 10.9 Å². The fourth-order valence-corrected chi connectivity index (χ4v) is 4.88. The minimum absolute atomic E-state index is 0.274. The van der Waals surface area contributed by atoms with Crippen LogP contribution >= 0.6 is 0 Å². The lowest BCUT2D eigenvalue weighted by molar-refractivity contribution is -0.956. The lowest BCUT2D eigenvalue weighted by Gasteiger charge is -2.56. The zero-order valence-electron chi connectivity index (χ0n) is 13.7. The SMILES string of the molecule is C=C[C@H]1C[N+]2(C)CC[C@H]1C[C@H]2[C@H](O)c1ccnc2ccccc12. The van der Waals surface area contributed by atoms with Gasteiger partial charge in [-0.2, -0.15) is 0 Å². The molecule has 2 aromatic rings. The first kappa shape index (κ1) is 14.9. The second kappa shape index (κ2) is 5.43. The zero-order chi connectivity index (χ0) is 16.0. The Labute approximate surface area is 137 Å². The van der Waals surface area contributed by atoms with Gasteiger partial charge in [0.2, 0.25) is 0 Å². The van der Waals surface area contributed by atoms with Crippen LogP contribution < -0.4 is 0 Å². The van der Waals surface area contributed by atoms with Crippen LogP contribution in [0.4, 0.5) is 0 Å². The number of hydrogen-bond acceptors (Lipinski definition) is 2. The Morgan fingerprint density at radius 2 is 2.17 bits per heavy atom. The number of aliphatic hydroxyl groups is 1. The van der Waals surface area contributed by atoms with Crippen LogP contribution in [-0.4, -0.2) is 40.8 Å². The molecule has 5 rings (SSSR count). The molecule has 120 valence electrons. The van der Waals surface area contributed by atoms with Crippen molar-refractivity contribution in [3.63, 3.8) is 0 Å². The lowest BCUT2D eigenvalue weighted by Crippen LogP contribution is -2.66. The van der Waals surface area contributed by atoms with Gasteiger partial charge in [0.25, 0.3) is 0 Å². The molecular weight excluding hydrogens is 284 g/mol. The van der Waals surface area contributed by atoms with E-state index in [1.54, 1.807) is 0 Å². The number of aromatic nitrogens is 1. The fraction of sp³-hybridized carbons (Fsp3) is 0.450. The third kappa shape index (κ3) is 2.30. The molecule has 1 unspecified atom stereocenters. The van der Waals surface area contributed by atoms with E-state index in [4.69, 9.17) is 0 Å². The molecule has 23 heavy (non-hydrogen) atoms. The van der Waals surface area contributed by atoms with Gasteiger partial charge in [0.15, 0.2) is 0 Å². The Balaban J connectivity index is 1.72. The Hall–Kier alpha value is -1.71. The fourth-order valence-electron chi connectivity index (χ4n) is 4.88. The van der Waals surface area contributed by atoms with Crippen molar-refractivity contribution >= 4 is 10.9 Å². The molecule has 1 aromatic carbocycles. The highest BCUT2D eigenvalue weighted by Gasteiger charge is 2.51. The summed E-state index contributed by atoms with van der Waals surface area (Å²) >= 11 is 0. The van der Waals surface area contributed by atoms with Gasteiger partial charge in [-0.3, -0.25) is 4.98 Å². The van der Waals surface area contributed by atoms with Crippen LogP contribution in [0, 0.1) is 11.8 Å². The smallest absolute Gasteiger partial charge is 0.131 e. The summed E-state index contributed by atoms with van der Waals surface area (Å²) in [5.74, 6) is 1.28. The number of hydrogen-bond donors (Lipinski definition) is 1. The monoisotopic (exact) mass is 309 g/mol. The Morgan fingerprint density at radius 1 is 1.35 bits per heavy atom. The molecule has 0 saturated carbocycles. The van der Waals surface area contributed by atoms with Gasteiger partial charge in [0, 0.05) is 30.3 Å². The highest BCUT2D eigenvalue weighted by atomic mass is 16.3. The minimum atomic E-state index is -0.429. The molecule has 3 fully saturated rings. The number of fused-ring (bicyclic) bond motifs is 4. The summed E-state index contributed by atoms with van der Waals surface area (Å²) in [6.45, 7) is 6.30. The number of piperidine rings is 3. The number of likely N-dealkylation sites (N-methyl/N-ethyl adjacent to an activating group) is 1. The highest BCUT2D eigenvalue weighted by molar-refractivity contribution is 5.82. The molecule has 4 heterocycles. The summed E-state index contributed by atoms with van der Waals surface area (Å²) in [4.78, 5) is 4.43. The van der Waals surface area contributed by atoms with E-state index in [0.29, 0.717) is 11.8 Å². The summed E-state index contributed by atoms with van der Waals surface area (Å²) in [6, 6.07) is 10.4. The van der Waals surface area contributed by atoms with Gasteiger partial charge in [0.05, 0.1) is 25.7 Å². The Morgan fingerprint density at radius 3 is 2.96 bits per heavy atom. The summed E-state index contributed by atoms with van der Waals surface area (Å²) in [6.07, 6.45) is 5.87. The number of rotatable bonds is 3. The number of nitrogens with zero attached hydrogens (tertiary/aromatic N) is 2. The van der Waals surface area contributed by atoms with E-state index in [0.717, 1.165) is 33.9 Å². The zero-order valence-corrected chi connectivity index (χ0v) is 13.7. The molecule has 0 aliphatic carbocycles. The number of pyridine rings is 1. The van der Waals surface area contributed by atoms with Gasteiger partial charge >= 0.3 is 0 Å². The molecule has 2 bridgehead atoms. The first-order chi connectivity index (χ1) is 11.1. The molecule has 5 atom stereocenters. The summed E-state index contributed by atoms with van der Waals surface area (Å²) in [5.41, 5.74) is 1.99. The standard InChI is InChI=1S/C20H25N2O/c1-3-14-13-22(2)11-9-15(14)12-19(22)20(23)17-8-10-21-18-7-5-4-6-16(17)18/h3-8,10,14-15,19-20,23H,1,9,11-13H2,2H3/q+1/t14-,15-,19-,20+,22?/m0/s1. The number of para-hydroxylation sites is 1. The molecule has 3 heteroatoms. The van der Waals surface area contributed by atoms with Crippen LogP contribution in [0.3, 0.4) is 0 Å². The predicted octanol–water partition coefficient (Wildman–Crippen LogP) is 3.31. The van der Waals surface area contributed by atoms with Crippen LogP contribution in [0.15, 0.2) is 49.2 Å². The van der Waals surface area contributed by atoms with E-state index in [-0.39, 0.29) is 6.04 Å². The lowest BCUT2D eigenvalue weighted by atomic mass is 9.72. The second-order valence-corrected chi connectivity index (χ2v) is 7.50. The third-order valence-corrected chi connectivity index (χ3v) is 6.26. The summed E-state index contributed by atoms with van der Waals surface area (Å²) in [5, 5.41) is 12.3. The van der Waals surface area contributed by atoms with Gasteiger partial charge in [-0.1, -0.05) is 24.3 Å². The quantitative estimate of drug-likeness (QED) is 0.697. The second-order valence-electron chi connectivity index (χ2n) is 7.50. The first-order valence-corrected chi connectivity index (χ1v) is 8.61. The van der Waals surface area contributed by atoms with Crippen LogP contribution in [0.2, 0.25) is 0 Å². The Kier molecular flexibility index (Phi) is 3.51. The van der Waals surface area contributed by atoms with Gasteiger partial charge in [0.1, 0.15) is 12.1 Å². The van der Waals surface area contributed by atoms with Crippen LogP contribution in [-0.2, 0) is 0 Å². The first-order valence-electron chi connectivity index (χ1n) is 8.61. The van der Waals surface area contributed by atoms with E-state index in [9.17, 15) is 5.11 Å². The molecule has 0 spiro atoms. The van der Waals surface area contributed by atoms with Crippen molar-refractivity contribution in [2.45, 2.75) is 25.0 Å². The topological polar surface area (TPSA) is 33.1 Å². The van der Waals surface area contributed by atoms with Crippen molar-refractivity contribution in [2.24, 2.45) is 11.8 Å². The normalized spacial score (nSPS) is 34.4. The summed E-state index contributed by atoms with van der Waals surface area (Å²) < 4.78 is 0.963. The van der Waals surface area contributed by atoms with Gasteiger partial charge in [-0.05, 0) is 23.6 Å². The molecule has 3 aliphatic heterocycles. The van der Waals surface area contributed by atoms with E-state index in [1.165, 1.54) is 13.0 Å². The van der Waals surface area contributed by atoms with E-state index in [2.05, 4.69) is 30.8 Å². The number of aliphatic hydroxyl groups excluding tert-OH is 1. The molecule has 0 radical (unpaired) electrons. The van der Waals surface area contributed by atoms with Crippen molar-refractivity contribution in [3.8, 4) is 0 Å². The number of quaternary nitrogens is 1. The van der Waals surface area contributed by atoms with Crippen molar-refractivity contribution in [3.05, 3.63) is 54.7 Å². The maximum atomic E-state index is 11.2. The molecular formula is C20H25N2O+. The van der Waals surface area contributed by atoms with Gasteiger partial charge in [-0.15, -0.1) is 6.58 Å². The molecule has 3 aliphatic rings. The van der Waals surface area contributed by atoms with E-state index < -0.39 is 6.10 Å². The molecule has 1 N–H and O–H groups in total. The third-order valence-electron chi connectivity index (χ3n) is 6.26. The Bertz CT molecular complexity index is 738. The van der Waals surface area contributed by atoms with Gasteiger partial charge in [-0.25, -0.2) is 0 Å². The van der Waals surface area contributed by atoms with E-state index >= 15 is 0 Å². The van der Waals surface area contributed by atoms with Crippen molar-refractivity contribution in [1.29, 1.82) is 0 Å². The van der Waals surface area contributed by atoms with Crippen LogP contribution in [0.1, 0.15) is 24.5 Å². The van der Waals surface area contributed by atoms with E-state index in [1.807, 2.05) is 30.5 Å².